The number of benzene rings is 1. The van der Waals surface area contributed by atoms with Gasteiger partial charge in [0.2, 0.25) is 11.0 Å². The summed E-state index contributed by atoms with van der Waals surface area (Å²) in [5.74, 6) is -0.284. The first-order chi connectivity index (χ1) is 11.1. The molecule has 0 saturated carbocycles. The number of hydrogen-bond acceptors (Lipinski definition) is 7. The van der Waals surface area contributed by atoms with Gasteiger partial charge in [-0.2, -0.15) is 0 Å². The Morgan fingerprint density at radius 1 is 1.22 bits per heavy atom. The van der Waals surface area contributed by atoms with Crippen LogP contribution in [0, 0.1) is 0 Å². The number of aliphatic hydroxyl groups is 2. The number of carbonyl (C=O) groups excluding carboxylic acids is 1. The predicted molar refractivity (Wildman–Crippen MR) is 89.6 cm³/mol. The summed E-state index contributed by atoms with van der Waals surface area (Å²) in [6.45, 7) is 0.525. The van der Waals surface area contributed by atoms with Crippen LogP contribution in [0.5, 0.6) is 0 Å². The highest BCUT2D eigenvalue weighted by molar-refractivity contribution is 7.18. The van der Waals surface area contributed by atoms with Gasteiger partial charge in [-0.1, -0.05) is 41.1 Å². The Balaban J connectivity index is 1.98. The van der Waals surface area contributed by atoms with E-state index < -0.39 is 0 Å². The fraction of sp³-hybridized carbons (Fsp3) is 0.357. The Morgan fingerprint density at radius 3 is 2.57 bits per heavy atom. The minimum Gasteiger partial charge on any atom is -0.395 e. The minimum atomic E-state index is -0.284. The number of anilines is 1. The summed E-state index contributed by atoms with van der Waals surface area (Å²) in [5, 5.41) is 30.0. The smallest absolute Gasteiger partial charge is 0.240 e. The van der Waals surface area contributed by atoms with Crippen molar-refractivity contribution in [3.8, 4) is 10.6 Å². The minimum absolute atomic E-state index is 0.0577. The maximum absolute atomic E-state index is 12.0. The van der Waals surface area contributed by atoms with E-state index in [-0.39, 0.29) is 25.7 Å². The van der Waals surface area contributed by atoms with E-state index in [0.717, 1.165) is 5.56 Å². The van der Waals surface area contributed by atoms with Gasteiger partial charge >= 0.3 is 0 Å². The quantitative estimate of drug-likeness (QED) is 0.654. The van der Waals surface area contributed by atoms with Crippen molar-refractivity contribution in [2.24, 2.45) is 0 Å². The van der Waals surface area contributed by atoms with E-state index in [2.05, 4.69) is 15.5 Å². The Morgan fingerprint density at radius 2 is 1.91 bits per heavy atom. The first kappa shape index (κ1) is 17.8. The van der Waals surface area contributed by atoms with Crippen molar-refractivity contribution in [2.45, 2.75) is 0 Å². The Kier molecular flexibility index (Phi) is 6.87. The fourth-order valence-electron chi connectivity index (χ4n) is 1.93. The molecule has 1 heterocycles. The highest BCUT2D eigenvalue weighted by Crippen LogP contribution is 2.31. The van der Waals surface area contributed by atoms with Crippen LogP contribution < -0.4 is 5.32 Å². The number of hydrogen-bond donors (Lipinski definition) is 3. The molecule has 0 aliphatic rings. The molecule has 124 valence electrons. The van der Waals surface area contributed by atoms with E-state index in [1.54, 1.807) is 11.0 Å². The van der Waals surface area contributed by atoms with Crippen molar-refractivity contribution in [3.05, 3.63) is 29.3 Å². The Hall–Kier alpha value is -1.58. The van der Waals surface area contributed by atoms with Crippen LogP contribution in [0.2, 0.25) is 5.02 Å². The lowest BCUT2D eigenvalue weighted by molar-refractivity contribution is -0.117. The normalized spacial score (nSPS) is 11.0. The summed E-state index contributed by atoms with van der Waals surface area (Å²) in [5.41, 5.74) is 0.759. The molecule has 2 rings (SSSR count). The molecule has 0 saturated heterocycles. The molecule has 0 aliphatic heterocycles. The van der Waals surface area contributed by atoms with Gasteiger partial charge in [0, 0.05) is 18.7 Å². The van der Waals surface area contributed by atoms with Crippen molar-refractivity contribution in [2.75, 3.05) is 38.2 Å². The molecule has 1 aromatic heterocycles. The van der Waals surface area contributed by atoms with Crippen LogP contribution >= 0.6 is 22.9 Å². The third kappa shape index (κ3) is 5.22. The Labute approximate surface area is 142 Å². The van der Waals surface area contributed by atoms with Gasteiger partial charge in [0.15, 0.2) is 5.01 Å². The molecule has 0 spiro atoms. The number of amides is 1. The number of rotatable bonds is 8. The monoisotopic (exact) mass is 356 g/mol. The molecule has 0 bridgehead atoms. The average Bonchev–Trinajstić information content (AvgIpc) is 2.96. The van der Waals surface area contributed by atoms with Gasteiger partial charge in [-0.05, 0) is 6.07 Å². The zero-order valence-corrected chi connectivity index (χ0v) is 13.8. The molecule has 1 amide bonds. The van der Waals surface area contributed by atoms with Gasteiger partial charge in [-0.3, -0.25) is 15.0 Å². The summed E-state index contributed by atoms with van der Waals surface area (Å²) < 4.78 is 0. The van der Waals surface area contributed by atoms with Crippen LogP contribution in [0.15, 0.2) is 24.3 Å². The van der Waals surface area contributed by atoms with Crippen molar-refractivity contribution in [3.63, 3.8) is 0 Å². The third-order valence-corrected chi connectivity index (χ3v) is 4.18. The van der Waals surface area contributed by atoms with Gasteiger partial charge in [-0.25, -0.2) is 0 Å². The van der Waals surface area contributed by atoms with E-state index in [4.69, 9.17) is 21.8 Å². The molecule has 7 nitrogen and oxygen atoms in total. The van der Waals surface area contributed by atoms with E-state index in [1.165, 1.54) is 11.3 Å². The maximum atomic E-state index is 12.0. The zero-order valence-electron chi connectivity index (χ0n) is 12.3. The predicted octanol–water partition coefficient (Wildman–Crippen LogP) is 1.08. The third-order valence-electron chi connectivity index (χ3n) is 2.98. The van der Waals surface area contributed by atoms with Gasteiger partial charge in [-0.15, -0.1) is 10.2 Å². The topological polar surface area (TPSA) is 98.6 Å². The molecule has 0 fully saturated rings. The molecular weight excluding hydrogens is 340 g/mol. The molecule has 3 N–H and O–H groups in total. The summed E-state index contributed by atoms with van der Waals surface area (Å²) in [7, 11) is 0. The van der Waals surface area contributed by atoms with Gasteiger partial charge in [0.05, 0.1) is 24.8 Å². The van der Waals surface area contributed by atoms with Crippen molar-refractivity contribution in [1.29, 1.82) is 0 Å². The molecule has 9 heteroatoms. The molecule has 23 heavy (non-hydrogen) atoms. The van der Waals surface area contributed by atoms with Crippen LogP contribution in [-0.4, -0.2) is 64.1 Å². The van der Waals surface area contributed by atoms with Crippen molar-refractivity contribution in [1.82, 2.24) is 15.1 Å². The number of carbonyl (C=O) groups is 1. The standard InChI is InChI=1S/C14H17ClN4O3S/c15-11-4-2-1-3-10(11)13-17-18-14(23-13)16-12(22)9-19(5-7-20)6-8-21/h1-4,20-21H,5-9H2,(H,16,18,22). The molecule has 1 aromatic carbocycles. The largest absolute Gasteiger partial charge is 0.395 e. The fourth-order valence-corrected chi connectivity index (χ4v) is 3.01. The van der Waals surface area contributed by atoms with Crippen LogP contribution in [0.1, 0.15) is 0 Å². The number of nitrogens with one attached hydrogen (secondary N) is 1. The summed E-state index contributed by atoms with van der Waals surface area (Å²) in [4.78, 5) is 13.6. The summed E-state index contributed by atoms with van der Waals surface area (Å²) in [6.07, 6.45) is 0. The summed E-state index contributed by atoms with van der Waals surface area (Å²) in [6, 6.07) is 7.27. The van der Waals surface area contributed by atoms with E-state index in [1.807, 2.05) is 18.2 Å². The van der Waals surface area contributed by atoms with E-state index in [9.17, 15) is 4.79 Å². The molecular formula is C14H17ClN4O3S. The average molecular weight is 357 g/mol. The SMILES string of the molecule is O=C(CN(CCO)CCO)Nc1nnc(-c2ccccc2Cl)s1. The maximum Gasteiger partial charge on any atom is 0.240 e. The lowest BCUT2D eigenvalue weighted by Gasteiger charge is -2.18. The van der Waals surface area contributed by atoms with Crippen molar-refractivity contribution >= 4 is 34.0 Å². The number of halogens is 1. The second kappa shape index (κ2) is 8.90. The molecule has 0 unspecified atom stereocenters. The van der Waals surface area contributed by atoms with Gasteiger partial charge in [0.1, 0.15) is 0 Å². The second-order valence-corrected chi connectivity index (χ2v) is 6.05. The molecule has 2 aromatic rings. The van der Waals surface area contributed by atoms with Gasteiger partial charge < -0.3 is 10.2 Å². The first-order valence-electron chi connectivity index (χ1n) is 6.96. The lowest BCUT2D eigenvalue weighted by Crippen LogP contribution is -2.37. The first-order valence-corrected chi connectivity index (χ1v) is 8.16. The van der Waals surface area contributed by atoms with Crippen LogP contribution in [-0.2, 0) is 4.79 Å². The molecule has 0 atom stereocenters. The number of aliphatic hydroxyl groups excluding tert-OH is 2. The van der Waals surface area contributed by atoms with Crippen LogP contribution in [0.3, 0.4) is 0 Å². The highest BCUT2D eigenvalue weighted by Gasteiger charge is 2.14. The van der Waals surface area contributed by atoms with Crippen molar-refractivity contribution < 1.29 is 15.0 Å². The Bertz CT molecular complexity index is 646. The second-order valence-electron chi connectivity index (χ2n) is 4.66. The zero-order chi connectivity index (χ0) is 16.7. The number of aromatic nitrogens is 2. The number of nitrogens with zero attached hydrogens (tertiary/aromatic N) is 3. The molecule has 0 aliphatic carbocycles. The van der Waals surface area contributed by atoms with Crippen LogP contribution in [0.25, 0.3) is 10.6 Å². The van der Waals surface area contributed by atoms with Gasteiger partial charge in [0.25, 0.3) is 0 Å². The van der Waals surface area contributed by atoms with E-state index >= 15 is 0 Å². The van der Waals surface area contributed by atoms with E-state index in [0.29, 0.717) is 28.3 Å². The van der Waals surface area contributed by atoms with Crippen LogP contribution in [0.4, 0.5) is 5.13 Å². The lowest BCUT2D eigenvalue weighted by atomic mass is 10.2. The highest BCUT2D eigenvalue weighted by atomic mass is 35.5. The molecule has 0 radical (unpaired) electrons. The summed E-state index contributed by atoms with van der Waals surface area (Å²) >= 11 is 7.34.